The lowest BCUT2D eigenvalue weighted by atomic mass is 9.93. The smallest absolute Gasteiger partial charge is 0.300 e. The maximum Gasteiger partial charge on any atom is 0.300 e. The number of hydrogen-bond acceptors (Lipinski definition) is 10. The van der Waals surface area contributed by atoms with Gasteiger partial charge in [0, 0.05) is 20.3 Å². The summed E-state index contributed by atoms with van der Waals surface area (Å²) < 4.78 is 1.75. The van der Waals surface area contributed by atoms with E-state index in [4.69, 9.17) is 7.85 Å². The molecule has 4 aromatic rings. The number of aromatic amines is 1. The quantitative estimate of drug-likeness (QED) is 0.173. The lowest BCUT2D eigenvalue weighted by Crippen LogP contribution is -2.27. The first-order valence-corrected chi connectivity index (χ1v) is 9.63. The van der Waals surface area contributed by atoms with E-state index in [1.807, 2.05) is 0 Å². The number of amides is 1. The molecule has 0 bridgehead atoms. The van der Waals surface area contributed by atoms with Gasteiger partial charge in [0.25, 0.3) is 11.5 Å². The summed E-state index contributed by atoms with van der Waals surface area (Å²) in [5.74, 6) is -3.38. The molecule has 2 radical (unpaired) electrons. The van der Waals surface area contributed by atoms with Gasteiger partial charge in [-0.25, -0.2) is 19.1 Å². The van der Waals surface area contributed by atoms with Crippen molar-refractivity contribution in [2.45, 2.75) is 0 Å². The van der Waals surface area contributed by atoms with Gasteiger partial charge < -0.3 is 31.3 Å². The molecule has 0 aliphatic heterocycles. The second-order valence-electron chi connectivity index (χ2n) is 6.88. The van der Waals surface area contributed by atoms with E-state index < -0.39 is 45.6 Å². The molecule has 4 heterocycles. The van der Waals surface area contributed by atoms with Crippen molar-refractivity contribution in [3.8, 4) is 23.2 Å². The minimum absolute atomic E-state index is 0.0222. The fraction of sp³-hybridized carbons (Fsp3) is 0.105. The van der Waals surface area contributed by atoms with Crippen molar-refractivity contribution < 1.29 is 20.1 Å². The molecule has 0 aliphatic rings. The normalized spacial score (nSPS) is 10.9. The topological polar surface area (TPSA) is 199 Å². The Hall–Kier alpha value is -4.95. The molecule has 0 spiro atoms. The number of hydrogen-bond donors (Lipinski definition) is 7. The number of pyridine rings is 2. The van der Waals surface area contributed by atoms with Crippen molar-refractivity contribution in [1.82, 2.24) is 29.5 Å². The van der Waals surface area contributed by atoms with E-state index in [9.17, 15) is 29.7 Å². The molecule has 172 valence electrons. The van der Waals surface area contributed by atoms with Crippen LogP contribution in [0.4, 0.5) is 17.3 Å². The Morgan fingerprint density at radius 1 is 1.15 bits per heavy atom. The first kappa shape index (κ1) is 22.3. The summed E-state index contributed by atoms with van der Waals surface area (Å²) in [7, 11) is 8.62. The fourth-order valence-electron chi connectivity index (χ4n) is 3.32. The first-order valence-electron chi connectivity index (χ1n) is 9.63. The van der Waals surface area contributed by atoms with E-state index >= 15 is 0 Å². The second kappa shape index (κ2) is 8.20. The van der Waals surface area contributed by atoms with Gasteiger partial charge in [-0.2, -0.15) is 0 Å². The third-order valence-corrected chi connectivity index (χ3v) is 4.94. The Kier molecular flexibility index (Phi) is 5.37. The molecule has 0 unspecified atom stereocenters. The molecule has 14 nitrogen and oxygen atoms in total. The molecule has 0 aromatic carbocycles. The predicted molar refractivity (Wildman–Crippen MR) is 122 cm³/mol. The van der Waals surface area contributed by atoms with Crippen molar-refractivity contribution in [3.05, 3.63) is 50.7 Å². The van der Waals surface area contributed by atoms with Crippen LogP contribution in [0.3, 0.4) is 0 Å². The van der Waals surface area contributed by atoms with Crippen LogP contribution in [0.5, 0.6) is 17.4 Å². The van der Waals surface area contributed by atoms with Crippen LogP contribution in [0.25, 0.3) is 11.5 Å². The molecule has 0 aliphatic carbocycles. The molecule has 4 aromatic heterocycles. The number of nitrogens with one attached hydrogen (secondary N) is 4. The third kappa shape index (κ3) is 3.26. The average Bonchev–Trinajstić information content (AvgIpc) is 3.16. The number of fused-ring (bicyclic) bond motifs is 1. The summed E-state index contributed by atoms with van der Waals surface area (Å²) in [5, 5.41) is 41.8. The predicted octanol–water partition coefficient (Wildman–Crippen LogP) is -1.38. The van der Waals surface area contributed by atoms with Gasteiger partial charge in [0.05, 0.1) is 5.69 Å². The Balaban J connectivity index is 1.99. The van der Waals surface area contributed by atoms with Gasteiger partial charge in [0.1, 0.15) is 13.7 Å². The number of carbonyl (C=O) groups excluding carboxylic acids is 1. The molecule has 0 fully saturated rings. The first-order chi connectivity index (χ1) is 16.2. The molecular formula is C19H17BN8O6. The van der Waals surface area contributed by atoms with Gasteiger partial charge in [0.15, 0.2) is 28.6 Å². The standard InChI is InChI=1S/C19H17BN8O6/c1-21-15-12(30)13(25-14-8(16(31)22-2)17(32)26-28(14)15)24-10-9(20)11(29)19(34)27(18(10)33)7-5-3-4-6-23-7/h3-6,21,29-30,33H,1-2H3,(H,22,31)(H,24,25)(H,26,32). The highest BCUT2D eigenvalue weighted by atomic mass is 16.3. The minimum Gasteiger partial charge on any atom is -0.503 e. The zero-order valence-corrected chi connectivity index (χ0v) is 17.7. The molecule has 4 rings (SSSR count). The van der Waals surface area contributed by atoms with Gasteiger partial charge in [0.2, 0.25) is 11.6 Å². The molecule has 15 heteroatoms. The van der Waals surface area contributed by atoms with E-state index in [1.54, 1.807) is 12.1 Å². The van der Waals surface area contributed by atoms with E-state index in [1.165, 1.54) is 26.4 Å². The number of aromatic hydroxyl groups is 3. The zero-order valence-electron chi connectivity index (χ0n) is 17.7. The molecular weight excluding hydrogens is 447 g/mol. The molecule has 0 saturated heterocycles. The van der Waals surface area contributed by atoms with Crippen LogP contribution >= 0.6 is 0 Å². The lowest BCUT2D eigenvalue weighted by molar-refractivity contribution is 0.0963. The van der Waals surface area contributed by atoms with Crippen LogP contribution in [0, 0.1) is 0 Å². The van der Waals surface area contributed by atoms with E-state index in [2.05, 4.69) is 31.0 Å². The summed E-state index contributed by atoms with van der Waals surface area (Å²) in [5.41, 5.74) is -3.27. The van der Waals surface area contributed by atoms with E-state index in [0.29, 0.717) is 4.57 Å². The number of H-pyrrole nitrogens is 1. The highest BCUT2D eigenvalue weighted by Crippen LogP contribution is 2.35. The van der Waals surface area contributed by atoms with Crippen LogP contribution in [-0.2, 0) is 0 Å². The van der Waals surface area contributed by atoms with Crippen LogP contribution in [0.1, 0.15) is 10.4 Å². The maximum absolute atomic E-state index is 12.6. The number of carbonyl (C=O) groups is 1. The van der Waals surface area contributed by atoms with Gasteiger partial charge in [-0.1, -0.05) is 6.07 Å². The Morgan fingerprint density at radius 2 is 1.88 bits per heavy atom. The highest BCUT2D eigenvalue weighted by molar-refractivity contribution is 6.38. The number of anilines is 3. The molecule has 34 heavy (non-hydrogen) atoms. The van der Waals surface area contributed by atoms with E-state index in [-0.39, 0.29) is 28.7 Å². The van der Waals surface area contributed by atoms with Crippen molar-refractivity contribution in [2.24, 2.45) is 0 Å². The number of rotatable bonds is 5. The van der Waals surface area contributed by atoms with Gasteiger partial charge >= 0.3 is 5.56 Å². The zero-order chi connectivity index (χ0) is 24.7. The fourth-order valence-corrected chi connectivity index (χ4v) is 3.32. The van der Waals surface area contributed by atoms with Crippen molar-refractivity contribution in [3.63, 3.8) is 0 Å². The molecule has 1 amide bonds. The minimum atomic E-state index is -1.04. The average molecular weight is 464 g/mol. The highest BCUT2D eigenvalue weighted by Gasteiger charge is 2.26. The van der Waals surface area contributed by atoms with Crippen LogP contribution in [0.2, 0.25) is 0 Å². The number of aromatic nitrogens is 5. The van der Waals surface area contributed by atoms with Gasteiger partial charge in [-0.15, -0.1) is 0 Å². The molecule has 0 atom stereocenters. The number of nitrogens with zero attached hydrogens (tertiary/aromatic N) is 4. The maximum atomic E-state index is 12.6. The summed E-state index contributed by atoms with van der Waals surface area (Å²) in [6, 6.07) is 4.55. The van der Waals surface area contributed by atoms with Gasteiger partial charge in [-0.05, 0) is 17.6 Å². The monoisotopic (exact) mass is 464 g/mol. The summed E-state index contributed by atoms with van der Waals surface area (Å²) in [6.45, 7) is 0. The summed E-state index contributed by atoms with van der Waals surface area (Å²) in [4.78, 5) is 45.2. The van der Waals surface area contributed by atoms with Crippen LogP contribution in [0.15, 0.2) is 34.0 Å². The van der Waals surface area contributed by atoms with Crippen LogP contribution < -0.4 is 32.5 Å². The largest absolute Gasteiger partial charge is 0.503 e. The van der Waals surface area contributed by atoms with Crippen molar-refractivity contribution in [2.75, 3.05) is 24.7 Å². The molecule has 7 N–H and O–H groups in total. The SMILES string of the molecule is [B]c1c(Nc2nc3c(C(=O)NC)c(=O)[nH]n3c(NC)c2O)c(O)n(-c2ccccn2)c(=O)c1O. The van der Waals surface area contributed by atoms with Crippen molar-refractivity contribution in [1.29, 1.82) is 0 Å². The van der Waals surface area contributed by atoms with Gasteiger partial charge in [-0.3, -0.25) is 19.5 Å². The summed E-state index contributed by atoms with van der Waals surface area (Å²) in [6.07, 6.45) is 1.37. The van der Waals surface area contributed by atoms with Crippen molar-refractivity contribution >= 4 is 42.2 Å². The third-order valence-electron chi connectivity index (χ3n) is 4.94. The summed E-state index contributed by atoms with van der Waals surface area (Å²) >= 11 is 0. The Bertz CT molecular complexity index is 1560. The van der Waals surface area contributed by atoms with Crippen LogP contribution in [-0.4, -0.2) is 67.3 Å². The molecule has 0 saturated carbocycles. The lowest BCUT2D eigenvalue weighted by Gasteiger charge is -2.18. The Morgan fingerprint density at radius 3 is 2.50 bits per heavy atom. The van der Waals surface area contributed by atoms with E-state index in [0.717, 1.165) is 4.52 Å². The second-order valence-corrected chi connectivity index (χ2v) is 6.88. The Labute approximate surface area is 190 Å².